The van der Waals surface area contributed by atoms with Crippen LogP contribution in [0.15, 0.2) is 0 Å². The largest absolute Gasteiger partial charge is 0.480 e. The molecule has 1 amide bonds. The van der Waals surface area contributed by atoms with Crippen LogP contribution in [-0.4, -0.2) is 40.3 Å². The minimum Gasteiger partial charge on any atom is -0.480 e. The molecule has 1 aliphatic rings. The van der Waals surface area contributed by atoms with Crippen LogP contribution in [0.1, 0.15) is 33.6 Å². The molecule has 100 valence electrons. The fourth-order valence-corrected chi connectivity index (χ4v) is 1.89. The van der Waals surface area contributed by atoms with Crippen molar-refractivity contribution >= 4 is 12.1 Å². The van der Waals surface area contributed by atoms with Crippen molar-refractivity contribution in [2.75, 3.05) is 6.54 Å². The predicted molar refractivity (Wildman–Crippen MR) is 65.9 cm³/mol. The number of carbonyl (C=O) groups is 2. The summed E-state index contributed by atoms with van der Waals surface area (Å²) in [6.07, 6.45) is 5.70. The van der Waals surface area contributed by atoms with Crippen LogP contribution in [-0.2, 0) is 9.53 Å². The maximum atomic E-state index is 12.0. The first kappa shape index (κ1) is 14.4. The number of rotatable bonds is 1. The van der Waals surface area contributed by atoms with Crippen molar-refractivity contribution < 1.29 is 19.4 Å². The molecular weight excluding hydrogens is 234 g/mol. The molecule has 18 heavy (non-hydrogen) atoms. The molecule has 0 aromatic rings. The number of terminal acetylenes is 1. The van der Waals surface area contributed by atoms with Crippen LogP contribution in [0, 0.1) is 18.3 Å². The summed E-state index contributed by atoms with van der Waals surface area (Å²) in [6, 6.07) is -0.843. The van der Waals surface area contributed by atoms with Crippen LogP contribution in [0.3, 0.4) is 0 Å². The topological polar surface area (TPSA) is 66.8 Å². The van der Waals surface area contributed by atoms with Crippen molar-refractivity contribution in [2.45, 2.75) is 45.3 Å². The van der Waals surface area contributed by atoms with Crippen molar-refractivity contribution in [3.8, 4) is 12.3 Å². The lowest BCUT2D eigenvalue weighted by atomic mass is 9.94. The fraction of sp³-hybridized carbons (Fsp3) is 0.692. The van der Waals surface area contributed by atoms with Gasteiger partial charge in [-0.2, -0.15) is 0 Å². The smallest absolute Gasteiger partial charge is 0.411 e. The molecule has 1 N–H and O–H groups in total. The number of aliphatic carboxylic acids is 1. The Bertz CT molecular complexity index is 377. The summed E-state index contributed by atoms with van der Waals surface area (Å²) in [5.74, 6) is 1.45. The Labute approximate surface area is 107 Å². The molecule has 5 nitrogen and oxygen atoms in total. The summed E-state index contributed by atoms with van der Waals surface area (Å²) in [7, 11) is 0. The van der Waals surface area contributed by atoms with Gasteiger partial charge in [0.1, 0.15) is 11.6 Å². The van der Waals surface area contributed by atoms with Gasteiger partial charge in [-0.1, -0.05) is 0 Å². The van der Waals surface area contributed by atoms with E-state index < -0.39 is 23.7 Å². The van der Waals surface area contributed by atoms with Gasteiger partial charge in [0.2, 0.25) is 0 Å². The van der Waals surface area contributed by atoms with Crippen molar-refractivity contribution in [3.63, 3.8) is 0 Å². The van der Waals surface area contributed by atoms with E-state index in [2.05, 4.69) is 5.92 Å². The molecule has 0 aromatic heterocycles. The van der Waals surface area contributed by atoms with E-state index >= 15 is 0 Å². The molecule has 1 heterocycles. The van der Waals surface area contributed by atoms with Gasteiger partial charge in [-0.3, -0.25) is 4.90 Å². The molecule has 0 radical (unpaired) electrons. The average molecular weight is 253 g/mol. The minimum absolute atomic E-state index is 0.104. The Morgan fingerprint density at radius 1 is 1.39 bits per heavy atom. The maximum absolute atomic E-state index is 12.0. The highest BCUT2D eigenvalue weighted by Gasteiger charge is 2.37. The van der Waals surface area contributed by atoms with Crippen LogP contribution in [0.25, 0.3) is 0 Å². The standard InChI is InChI=1S/C13H19NO4/c1-5-9-6-7-10(11(15)16)14(8-9)12(17)18-13(2,3)4/h1,9-10H,6-8H2,2-4H3,(H,15,16)/t9?,10-/m0/s1. The number of carboxylic acids is 1. The van der Waals surface area contributed by atoms with Crippen LogP contribution >= 0.6 is 0 Å². The second-order valence-corrected chi connectivity index (χ2v) is 5.43. The molecule has 1 fully saturated rings. The van der Waals surface area contributed by atoms with E-state index in [9.17, 15) is 9.59 Å². The van der Waals surface area contributed by atoms with Crippen LogP contribution in [0.4, 0.5) is 4.79 Å². The molecule has 1 aliphatic heterocycles. The van der Waals surface area contributed by atoms with Crippen LogP contribution in [0.2, 0.25) is 0 Å². The van der Waals surface area contributed by atoms with Gasteiger partial charge in [-0.05, 0) is 33.6 Å². The van der Waals surface area contributed by atoms with Crippen LogP contribution < -0.4 is 0 Å². The zero-order valence-corrected chi connectivity index (χ0v) is 11.0. The Balaban J connectivity index is 2.82. The first-order valence-corrected chi connectivity index (χ1v) is 5.93. The van der Waals surface area contributed by atoms with Gasteiger partial charge >= 0.3 is 12.1 Å². The highest BCUT2D eigenvalue weighted by Crippen LogP contribution is 2.24. The number of nitrogens with zero attached hydrogens (tertiary/aromatic N) is 1. The normalized spacial score (nSPS) is 24.2. The quantitative estimate of drug-likeness (QED) is 0.722. The SMILES string of the molecule is C#CC1CC[C@@H](C(=O)O)N(C(=O)OC(C)(C)C)C1. The highest BCUT2D eigenvalue weighted by molar-refractivity contribution is 5.80. The lowest BCUT2D eigenvalue weighted by Gasteiger charge is -2.36. The van der Waals surface area contributed by atoms with Crippen molar-refractivity contribution in [1.82, 2.24) is 4.90 Å². The Kier molecular flexibility index (Phi) is 4.23. The molecule has 5 heteroatoms. The van der Waals surface area contributed by atoms with Gasteiger partial charge < -0.3 is 9.84 Å². The summed E-state index contributed by atoms with van der Waals surface area (Å²) in [5.41, 5.74) is -0.650. The summed E-state index contributed by atoms with van der Waals surface area (Å²) in [6.45, 7) is 5.46. The molecule has 0 bridgehead atoms. The van der Waals surface area contributed by atoms with E-state index in [1.54, 1.807) is 20.8 Å². The monoisotopic (exact) mass is 253 g/mol. The van der Waals surface area contributed by atoms with Crippen LogP contribution in [0.5, 0.6) is 0 Å². The number of carboxylic acid groups (broad SMARTS) is 1. The summed E-state index contributed by atoms with van der Waals surface area (Å²) in [4.78, 5) is 24.3. The number of amides is 1. The molecule has 1 unspecified atom stereocenters. The van der Waals surface area contributed by atoms with E-state index in [0.717, 1.165) is 0 Å². The summed E-state index contributed by atoms with van der Waals surface area (Å²) in [5, 5.41) is 9.11. The number of carbonyl (C=O) groups excluding carboxylic acids is 1. The third-order valence-corrected chi connectivity index (χ3v) is 2.73. The second kappa shape index (κ2) is 5.30. The number of hydrogen-bond donors (Lipinski definition) is 1. The van der Waals surface area contributed by atoms with Crippen molar-refractivity contribution in [3.05, 3.63) is 0 Å². The van der Waals surface area contributed by atoms with Gasteiger partial charge in [0.05, 0.1) is 0 Å². The third-order valence-electron chi connectivity index (χ3n) is 2.73. The van der Waals surface area contributed by atoms with Gasteiger partial charge in [-0.25, -0.2) is 9.59 Å². The zero-order chi connectivity index (χ0) is 13.9. The van der Waals surface area contributed by atoms with Gasteiger partial charge in [0.25, 0.3) is 0 Å². The fourth-order valence-electron chi connectivity index (χ4n) is 1.89. The molecule has 0 aliphatic carbocycles. The Morgan fingerprint density at radius 3 is 2.44 bits per heavy atom. The second-order valence-electron chi connectivity index (χ2n) is 5.43. The number of ether oxygens (including phenoxy) is 1. The minimum atomic E-state index is -1.02. The molecule has 1 rings (SSSR count). The maximum Gasteiger partial charge on any atom is 0.411 e. The average Bonchev–Trinajstić information content (AvgIpc) is 2.25. The first-order valence-electron chi connectivity index (χ1n) is 5.93. The zero-order valence-electron chi connectivity index (χ0n) is 11.0. The van der Waals surface area contributed by atoms with E-state index in [4.69, 9.17) is 16.3 Å². The van der Waals surface area contributed by atoms with E-state index in [1.807, 2.05) is 0 Å². The Morgan fingerprint density at radius 2 is 2.00 bits per heavy atom. The van der Waals surface area contributed by atoms with E-state index in [0.29, 0.717) is 12.8 Å². The molecule has 0 spiro atoms. The predicted octanol–water partition coefficient (Wildman–Crippen LogP) is 1.72. The first-order chi connectivity index (χ1) is 8.24. The lowest BCUT2D eigenvalue weighted by molar-refractivity contribution is -0.144. The van der Waals surface area contributed by atoms with E-state index in [-0.39, 0.29) is 12.5 Å². The summed E-state index contributed by atoms with van der Waals surface area (Å²) < 4.78 is 5.21. The number of likely N-dealkylation sites (tertiary alicyclic amines) is 1. The molecular formula is C13H19NO4. The molecule has 1 saturated heterocycles. The number of piperidine rings is 1. The molecule has 0 aromatic carbocycles. The van der Waals surface area contributed by atoms with Crippen molar-refractivity contribution in [1.29, 1.82) is 0 Å². The van der Waals surface area contributed by atoms with Crippen molar-refractivity contribution in [2.24, 2.45) is 5.92 Å². The Hall–Kier alpha value is -1.70. The van der Waals surface area contributed by atoms with E-state index in [1.165, 1.54) is 4.90 Å². The number of hydrogen-bond acceptors (Lipinski definition) is 3. The molecule has 2 atom stereocenters. The van der Waals surface area contributed by atoms with Gasteiger partial charge in [0.15, 0.2) is 0 Å². The van der Waals surface area contributed by atoms with Gasteiger partial charge in [-0.15, -0.1) is 12.3 Å². The highest BCUT2D eigenvalue weighted by atomic mass is 16.6. The third kappa shape index (κ3) is 3.66. The molecule has 0 saturated carbocycles. The lowest BCUT2D eigenvalue weighted by Crippen LogP contribution is -2.51. The summed E-state index contributed by atoms with van der Waals surface area (Å²) >= 11 is 0. The van der Waals surface area contributed by atoms with Gasteiger partial charge in [0, 0.05) is 12.5 Å².